The second-order valence-corrected chi connectivity index (χ2v) is 6.01. The van der Waals surface area contributed by atoms with E-state index in [0.29, 0.717) is 12.0 Å². The molecule has 0 unspecified atom stereocenters. The van der Waals surface area contributed by atoms with Gasteiger partial charge >= 0.3 is 17.8 Å². The van der Waals surface area contributed by atoms with Crippen molar-refractivity contribution in [1.29, 1.82) is 0 Å². The van der Waals surface area contributed by atoms with E-state index in [1.165, 1.54) is 24.3 Å². The highest BCUT2D eigenvalue weighted by molar-refractivity contribution is 5.94. The zero-order valence-corrected chi connectivity index (χ0v) is 15.3. The highest BCUT2D eigenvalue weighted by Crippen LogP contribution is 2.19. The molecule has 28 heavy (non-hydrogen) atoms. The molecule has 1 aromatic carbocycles. The monoisotopic (exact) mass is 390 g/mol. The number of benzene rings is 1. The van der Waals surface area contributed by atoms with Crippen molar-refractivity contribution in [2.24, 2.45) is 0 Å². The van der Waals surface area contributed by atoms with Crippen LogP contribution in [-0.4, -0.2) is 34.4 Å². The number of aromatic nitrogens is 2. The Balaban J connectivity index is 1.97. The topological polar surface area (TPSA) is 115 Å². The smallest absolute Gasteiger partial charge is 0.437 e. The molecule has 148 valence electrons. The van der Waals surface area contributed by atoms with Crippen molar-refractivity contribution in [3.63, 3.8) is 0 Å². The summed E-state index contributed by atoms with van der Waals surface area (Å²) < 4.78 is 24.2. The predicted molar refractivity (Wildman–Crippen MR) is 95.6 cm³/mol. The van der Waals surface area contributed by atoms with Crippen molar-refractivity contribution < 1.29 is 23.1 Å². The number of esters is 1. The fourth-order valence-corrected chi connectivity index (χ4v) is 2.85. The van der Waals surface area contributed by atoms with Crippen molar-refractivity contribution in [3.05, 3.63) is 51.9 Å². The van der Waals surface area contributed by atoms with Gasteiger partial charge in [0.2, 0.25) is 5.89 Å². The summed E-state index contributed by atoms with van der Waals surface area (Å²) in [5.41, 5.74) is 0.843. The number of allylic oxidation sites excluding steroid dienone is 1. The van der Waals surface area contributed by atoms with E-state index in [4.69, 9.17) is 9.15 Å². The number of carbonyl (C=O) groups excluding carboxylic acids is 2. The van der Waals surface area contributed by atoms with E-state index in [1.807, 2.05) is 6.92 Å². The number of nitrogens with zero attached hydrogens (tertiary/aromatic N) is 2. The molecule has 1 aromatic heterocycles. The minimum absolute atomic E-state index is 0.00409. The first-order valence-corrected chi connectivity index (χ1v) is 8.74. The highest BCUT2D eigenvalue weighted by atomic mass is 19.1. The summed E-state index contributed by atoms with van der Waals surface area (Å²) in [7, 11) is 0. The minimum atomic E-state index is -0.782. The Morgan fingerprint density at radius 1 is 1.29 bits per heavy atom. The normalized spacial score (nSPS) is 16.5. The standard InChI is InChI=1S/C18H19FN4O5/c1-3-12-14(16(24)27-4-2)13(21-17(25)20-12)9-23-18(26)28-15(22-23)10-5-7-11(19)8-6-10/h5-8,12H,3-4,9H2,1-2H3,(H2,20,21,25)/t12-/m0/s1. The molecule has 2 amide bonds. The van der Waals surface area contributed by atoms with Gasteiger partial charge in [-0.1, -0.05) is 6.92 Å². The van der Waals surface area contributed by atoms with Gasteiger partial charge in [-0.2, -0.15) is 4.68 Å². The molecule has 2 heterocycles. The average Bonchev–Trinajstić information content (AvgIpc) is 3.02. The molecule has 10 heteroatoms. The Labute approximate surface area is 159 Å². The summed E-state index contributed by atoms with van der Waals surface area (Å²) >= 11 is 0. The summed E-state index contributed by atoms with van der Waals surface area (Å²) in [5, 5.41) is 9.26. The van der Waals surface area contributed by atoms with E-state index < -0.39 is 29.6 Å². The van der Waals surface area contributed by atoms with Gasteiger partial charge in [0.1, 0.15) is 5.82 Å². The van der Waals surface area contributed by atoms with Crippen molar-refractivity contribution in [1.82, 2.24) is 20.4 Å². The van der Waals surface area contributed by atoms with Gasteiger partial charge in [0.15, 0.2) is 0 Å². The van der Waals surface area contributed by atoms with Crippen molar-refractivity contribution in [2.45, 2.75) is 32.9 Å². The average molecular weight is 390 g/mol. The number of amides is 2. The molecular weight excluding hydrogens is 371 g/mol. The summed E-state index contributed by atoms with van der Waals surface area (Å²) in [6, 6.07) is 4.23. The third kappa shape index (κ3) is 3.95. The van der Waals surface area contributed by atoms with Crippen LogP contribution in [0.5, 0.6) is 0 Å². The van der Waals surface area contributed by atoms with Gasteiger partial charge in [0.25, 0.3) is 0 Å². The number of carbonyl (C=O) groups is 2. The molecule has 0 saturated heterocycles. The van der Waals surface area contributed by atoms with E-state index in [-0.39, 0.29) is 30.3 Å². The summed E-state index contributed by atoms with van der Waals surface area (Å²) in [6.07, 6.45) is 0.458. The molecular formula is C18H19FN4O5. The molecule has 2 N–H and O–H groups in total. The third-order valence-electron chi connectivity index (χ3n) is 4.15. The largest absolute Gasteiger partial charge is 0.463 e. The zero-order chi connectivity index (χ0) is 20.3. The van der Waals surface area contributed by atoms with Gasteiger partial charge in [-0.05, 0) is 37.6 Å². The molecule has 9 nitrogen and oxygen atoms in total. The molecule has 0 fully saturated rings. The fourth-order valence-electron chi connectivity index (χ4n) is 2.85. The van der Waals surface area contributed by atoms with Crippen molar-refractivity contribution in [2.75, 3.05) is 6.61 Å². The van der Waals surface area contributed by atoms with E-state index >= 15 is 0 Å². The van der Waals surface area contributed by atoms with Crippen LogP contribution < -0.4 is 16.4 Å². The lowest BCUT2D eigenvalue weighted by Gasteiger charge is -2.28. The molecule has 3 rings (SSSR count). The fraction of sp³-hybridized carbons (Fsp3) is 0.333. The number of rotatable bonds is 6. The molecule has 0 aliphatic carbocycles. The van der Waals surface area contributed by atoms with Crippen LogP contribution in [0.3, 0.4) is 0 Å². The second-order valence-electron chi connectivity index (χ2n) is 6.01. The number of ether oxygens (including phenoxy) is 1. The third-order valence-corrected chi connectivity index (χ3v) is 4.15. The Hall–Kier alpha value is -3.43. The molecule has 0 spiro atoms. The number of halogens is 1. The minimum Gasteiger partial charge on any atom is -0.463 e. The number of nitrogens with one attached hydrogen (secondary N) is 2. The van der Waals surface area contributed by atoms with Crippen LogP contribution in [0.15, 0.2) is 44.7 Å². The first kappa shape index (κ1) is 19.3. The van der Waals surface area contributed by atoms with Crippen molar-refractivity contribution >= 4 is 12.0 Å². The van der Waals surface area contributed by atoms with Crippen LogP contribution in [0.2, 0.25) is 0 Å². The zero-order valence-electron chi connectivity index (χ0n) is 15.3. The van der Waals surface area contributed by atoms with Crippen LogP contribution in [0.1, 0.15) is 20.3 Å². The van der Waals surface area contributed by atoms with Gasteiger partial charge < -0.3 is 19.8 Å². The second kappa shape index (κ2) is 8.07. The van der Waals surface area contributed by atoms with Crippen LogP contribution in [-0.2, 0) is 16.1 Å². The number of urea groups is 1. The lowest BCUT2D eigenvalue weighted by molar-refractivity contribution is -0.139. The molecule has 1 aliphatic heterocycles. The molecule has 0 bridgehead atoms. The Bertz CT molecular complexity index is 977. The van der Waals surface area contributed by atoms with Crippen LogP contribution in [0, 0.1) is 5.82 Å². The van der Waals surface area contributed by atoms with Crippen LogP contribution >= 0.6 is 0 Å². The van der Waals surface area contributed by atoms with E-state index in [9.17, 15) is 18.8 Å². The van der Waals surface area contributed by atoms with Gasteiger partial charge in [-0.3, -0.25) is 0 Å². The summed E-state index contributed by atoms with van der Waals surface area (Å²) in [5.74, 6) is -1.81. The van der Waals surface area contributed by atoms with Gasteiger partial charge in [0.05, 0.1) is 30.5 Å². The highest BCUT2D eigenvalue weighted by Gasteiger charge is 2.32. The molecule has 0 radical (unpaired) electrons. The molecule has 1 atom stereocenters. The van der Waals surface area contributed by atoms with Gasteiger partial charge in [0, 0.05) is 5.56 Å². The van der Waals surface area contributed by atoms with Gasteiger partial charge in [-0.15, -0.1) is 5.10 Å². The SMILES string of the molecule is CCOC(=O)C1=C(Cn2nc(-c3ccc(F)cc3)oc2=O)NC(=O)N[C@H]1CC. The number of hydrogen-bond donors (Lipinski definition) is 2. The van der Waals surface area contributed by atoms with Crippen molar-refractivity contribution in [3.8, 4) is 11.5 Å². The quantitative estimate of drug-likeness (QED) is 0.723. The van der Waals surface area contributed by atoms with Gasteiger partial charge in [-0.25, -0.2) is 18.8 Å². The first-order chi connectivity index (χ1) is 13.4. The Morgan fingerprint density at radius 3 is 2.64 bits per heavy atom. The maximum atomic E-state index is 13.1. The van der Waals surface area contributed by atoms with E-state index in [0.717, 1.165) is 4.68 Å². The lowest BCUT2D eigenvalue weighted by atomic mass is 10.0. The molecule has 0 saturated carbocycles. The lowest BCUT2D eigenvalue weighted by Crippen LogP contribution is -2.51. The first-order valence-electron chi connectivity index (χ1n) is 8.74. The Morgan fingerprint density at radius 2 is 2.00 bits per heavy atom. The maximum Gasteiger partial charge on any atom is 0.437 e. The number of hydrogen-bond acceptors (Lipinski definition) is 6. The van der Waals surface area contributed by atoms with E-state index in [2.05, 4.69) is 15.7 Å². The Kier molecular flexibility index (Phi) is 5.57. The van der Waals surface area contributed by atoms with Crippen LogP contribution in [0.4, 0.5) is 9.18 Å². The summed E-state index contributed by atoms with van der Waals surface area (Å²) in [4.78, 5) is 36.5. The molecule has 2 aromatic rings. The van der Waals surface area contributed by atoms with E-state index in [1.54, 1.807) is 6.92 Å². The summed E-state index contributed by atoms with van der Waals surface area (Å²) in [6.45, 7) is 3.45. The molecule has 1 aliphatic rings. The van der Waals surface area contributed by atoms with Crippen LogP contribution in [0.25, 0.3) is 11.5 Å². The maximum absolute atomic E-state index is 13.1. The predicted octanol–water partition coefficient (Wildman–Crippen LogP) is 1.55.